The second kappa shape index (κ2) is 4.51. The van der Waals surface area contributed by atoms with Crippen molar-refractivity contribution in [3.05, 3.63) is 23.5 Å². The van der Waals surface area contributed by atoms with Crippen molar-refractivity contribution < 1.29 is 9.53 Å². The van der Waals surface area contributed by atoms with Crippen LogP contribution in [0, 0.1) is 0 Å². The molecule has 0 aromatic carbocycles. The van der Waals surface area contributed by atoms with Crippen molar-refractivity contribution in [2.45, 2.75) is 32.3 Å². The number of ether oxygens (including phenoxy) is 1. The van der Waals surface area contributed by atoms with E-state index in [-0.39, 0.29) is 5.91 Å². The molecule has 1 aromatic heterocycles. The Morgan fingerprint density at radius 1 is 1.56 bits per heavy atom. The molecule has 86 valence electrons. The molecule has 0 bridgehead atoms. The number of amides is 1. The smallest absolute Gasteiger partial charge is 0.269 e. The summed E-state index contributed by atoms with van der Waals surface area (Å²) in [7, 11) is 1.60. The van der Waals surface area contributed by atoms with E-state index in [2.05, 4.69) is 10.3 Å². The van der Waals surface area contributed by atoms with E-state index in [0.29, 0.717) is 11.8 Å². The number of nitrogens with one attached hydrogen (secondary N) is 1. The van der Waals surface area contributed by atoms with Gasteiger partial charge in [0.1, 0.15) is 11.4 Å². The van der Waals surface area contributed by atoms with Gasteiger partial charge in [-0.15, -0.1) is 0 Å². The van der Waals surface area contributed by atoms with Crippen molar-refractivity contribution >= 4 is 5.91 Å². The third-order valence-electron chi connectivity index (χ3n) is 2.55. The average molecular weight is 220 g/mol. The largest absolute Gasteiger partial charge is 0.489 e. The minimum atomic E-state index is -0.160. The van der Waals surface area contributed by atoms with Crippen LogP contribution in [0.2, 0.25) is 0 Å². The zero-order valence-electron chi connectivity index (χ0n) is 9.62. The number of nitrogens with zero attached hydrogens (tertiary/aromatic N) is 1. The van der Waals surface area contributed by atoms with Gasteiger partial charge < -0.3 is 10.1 Å². The number of aromatic nitrogens is 1. The molecular weight excluding hydrogens is 204 g/mol. The van der Waals surface area contributed by atoms with E-state index >= 15 is 0 Å². The van der Waals surface area contributed by atoms with Gasteiger partial charge in [0, 0.05) is 7.05 Å². The van der Waals surface area contributed by atoms with Crippen LogP contribution < -0.4 is 10.1 Å². The summed E-state index contributed by atoms with van der Waals surface area (Å²) in [6.45, 7) is 2.01. The van der Waals surface area contributed by atoms with Crippen LogP contribution in [0.25, 0.3) is 0 Å². The molecule has 0 saturated heterocycles. The van der Waals surface area contributed by atoms with Crippen LogP contribution in [-0.2, 0) is 6.42 Å². The normalized spacial score (nSPS) is 14.6. The number of pyridine rings is 1. The minimum Gasteiger partial charge on any atom is -0.489 e. The van der Waals surface area contributed by atoms with Crippen LogP contribution in [0.5, 0.6) is 5.75 Å². The van der Waals surface area contributed by atoms with Crippen molar-refractivity contribution in [2.24, 2.45) is 0 Å². The molecule has 1 heterocycles. The van der Waals surface area contributed by atoms with E-state index in [1.165, 1.54) is 0 Å². The summed E-state index contributed by atoms with van der Waals surface area (Å²) in [5, 5.41) is 2.56. The number of carbonyl (C=O) groups is 1. The monoisotopic (exact) mass is 220 g/mol. The van der Waals surface area contributed by atoms with Crippen LogP contribution in [0.1, 0.15) is 35.9 Å². The third kappa shape index (κ3) is 2.32. The first kappa shape index (κ1) is 10.9. The summed E-state index contributed by atoms with van der Waals surface area (Å²) < 4.78 is 5.72. The Morgan fingerprint density at radius 2 is 2.31 bits per heavy atom. The van der Waals surface area contributed by atoms with Crippen LogP contribution in [0.4, 0.5) is 0 Å². The van der Waals surface area contributed by atoms with Gasteiger partial charge in [-0.05, 0) is 31.4 Å². The van der Waals surface area contributed by atoms with E-state index in [4.69, 9.17) is 4.74 Å². The Balaban J connectivity index is 2.22. The molecule has 1 amide bonds. The van der Waals surface area contributed by atoms with Crippen molar-refractivity contribution in [2.75, 3.05) is 7.05 Å². The molecule has 2 rings (SSSR count). The van der Waals surface area contributed by atoms with Crippen molar-refractivity contribution in [1.29, 1.82) is 0 Å². The lowest BCUT2D eigenvalue weighted by Gasteiger charge is -2.09. The summed E-state index contributed by atoms with van der Waals surface area (Å²) >= 11 is 0. The van der Waals surface area contributed by atoms with E-state index in [9.17, 15) is 4.79 Å². The molecule has 0 atom stereocenters. The SMILES string of the molecule is CCc1nc(C(=O)NC)ccc1OC1CC1. The molecule has 16 heavy (non-hydrogen) atoms. The minimum absolute atomic E-state index is 0.160. The Hall–Kier alpha value is -1.58. The van der Waals surface area contributed by atoms with Gasteiger partial charge in [-0.2, -0.15) is 0 Å². The Kier molecular flexibility index (Phi) is 3.08. The van der Waals surface area contributed by atoms with Crippen LogP contribution >= 0.6 is 0 Å². The summed E-state index contributed by atoms with van der Waals surface area (Å²) in [4.78, 5) is 15.7. The maximum absolute atomic E-state index is 11.4. The van der Waals surface area contributed by atoms with Gasteiger partial charge in [-0.25, -0.2) is 4.98 Å². The first-order chi connectivity index (χ1) is 7.74. The lowest BCUT2D eigenvalue weighted by atomic mass is 10.2. The highest BCUT2D eigenvalue weighted by Gasteiger charge is 2.24. The van der Waals surface area contributed by atoms with E-state index in [1.807, 2.05) is 13.0 Å². The quantitative estimate of drug-likeness (QED) is 0.837. The molecule has 1 aromatic rings. The Bertz CT molecular complexity index is 400. The van der Waals surface area contributed by atoms with E-state index < -0.39 is 0 Å². The molecule has 0 spiro atoms. The van der Waals surface area contributed by atoms with Gasteiger partial charge in [0.2, 0.25) is 0 Å². The fraction of sp³-hybridized carbons (Fsp3) is 0.500. The summed E-state index contributed by atoms with van der Waals surface area (Å²) in [5.41, 5.74) is 1.30. The van der Waals surface area contributed by atoms with Gasteiger partial charge in [0.15, 0.2) is 0 Å². The second-order valence-electron chi connectivity index (χ2n) is 3.89. The lowest BCUT2D eigenvalue weighted by molar-refractivity contribution is 0.0958. The molecule has 1 saturated carbocycles. The highest BCUT2D eigenvalue weighted by atomic mass is 16.5. The standard InChI is InChI=1S/C12H16N2O2/c1-3-9-11(16-8-4-5-8)7-6-10(14-9)12(15)13-2/h6-8H,3-5H2,1-2H3,(H,13,15). The maximum Gasteiger partial charge on any atom is 0.269 e. The number of hydrogen-bond acceptors (Lipinski definition) is 3. The predicted molar refractivity (Wildman–Crippen MR) is 60.7 cm³/mol. The molecular formula is C12H16N2O2. The lowest BCUT2D eigenvalue weighted by Crippen LogP contribution is -2.19. The molecule has 4 heteroatoms. The van der Waals surface area contributed by atoms with Crippen molar-refractivity contribution in [3.63, 3.8) is 0 Å². The van der Waals surface area contributed by atoms with Crippen LogP contribution in [0.15, 0.2) is 12.1 Å². The number of rotatable bonds is 4. The maximum atomic E-state index is 11.4. The fourth-order valence-electron chi connectivity index (χ4n) is 1.47. The second-order valence-corrected chi connectivity index (χ2v) is 3.89. The predicted octanol–water partition coefficient (Wildman–Crippen LogP) is 1.54. The summed E-state index contributed by atoms with van der Waals surface area (Å²) in [6, 6.07) is 3.55. The zero-order chi connectivity index (χ0) is 11.5. The topological polar surface area (TPSA) is 51.2 Å². The van der Waals surface area contributed by atoms with Gasteiger partial charge in [0.25, 0.3) is 5.91 Å². The van der Waals surface area contributed by atoms with Gasteiger partial charge in [-0.1, -0.05) is 6.92 Å². The fourth-order valence-corrected chi connectivity index (χ4v) is 1.47. The molecule has 1 fully saturated rings. The Labute approximate surface area is 95.0 Å². The summed E-state index contributed by atoms with van der Waals surface area (Å²) in [6.07, 6.45) is 3.38. The average Bonchev–Trinajstić information content (AvgIpc) is 3.12. The Morgan fingerprint density at radius 3 is 2.88 bits per heavy atom. The van der Waals surface area contributed by atoms with E-state index in [0.717, 1.165) is 30.7 Å². The van der Waals surface area contributed by atoms with Gasteiger partial charge in [0.05, 0.1) is 11.8 Å². The molecule has 0 aliphatic heterocycles. The van der Waals surface area contributed by atoms with Gasteiger partial charge in [-0.3, -0.25) is 4.79 Å². The molecule has 4 nitrogen and oxygen atoms in total. The molecule has 0 unspecified atom stereocenters. The first-order valence-electron chi connectivity index (χ1n) is 5.63. The van der Waals surface area contributed by atoms with Gasteiger partial charge >= 0.3 is 0 Å². The number of carbonyl (C=O) groups excluding carboxylic acids is 1. The number of aryl methyl sites for hydroxylation is 1. The third-order valence-corrected chi connectivity index (χ3v) is 2.55. The first-order valence-corrected chi connectivity index (χ1v) is 5.63. The highest BCUT2D eigenvalue weighted by Crippen LogP contribution is 2.28. The van der Waals surface area contributed by atoms with Crippen LogP contribution in [-0.4, -0.2) is 24.0 Å². The molecule has 1 aliphatic rings. The summed E-state index contributed by atoms with van der Waals surface area (Å²) in [5.74, 6) is 0.658. The highest BCUT2D eigenvalue weighted by molar-refractivity contribution is 5.92. The molecule has 1 aliphatic carbocycles. The molecule has 0 radical (unpaired) electrons. The van der Waals surface area contributed by atoms with E-state index in [1.54, 1.807) is 13.1 Å². The number of hydrogen-bond donors (Lipinski definition) is 1. The van der Waals surface area contributed by atoms with Crippen molar-refractivity contribution in [1.82, 2.24) is 10.3 Å². The van der Waals surface area contributed by atoms with Crippen LogP contribution in [0.3, 0.4) is 0 Å². The molecule has 1 N–H and O–H groups in total. The zero-order valence-corrected chi connectivity index (χ0v) is 9.62. The van der Waals surface area contributed by atoms with Crippen molar-refractivity contribution in [3.8, 4) is 5.75 Å².